The number of nitrogens with zero attached hydrogens (tertiary/aromatic N) is 1. The first-order valence-electron chi connectivity index (χ1n) is 9.00. The molecule has 0 bridgehead atoms. The van der Waals surface area contributed by atoms with Gasteiger partial charge in [-0.15, -0.1) is 0 Å². The highest BCUT2D eigenvalue weighted by molar-refractivity contribution is 5.94. The molecule has 0 saturated heterocycles. The van der Waals surface area contributed by atoms with Gasteiger partial charge in [0.2, 0.25) is 0 Å². The van der Waals surface area contributed by atoms with E-state index in [2.05, 4.69) is 54.6 Å². The molecule has 0 atom stereocenters. The van der Waals surface area contributed by atoms with E-state index in [0.29, 0.717) is 6.54 Å². The number of hydrogen-bond donors (Lipinski definition) is 2. The lowest BCUT2D eigenvalue weighted by molar-refractivity contribution is 0.217. The highest BCUT2D eigenvalue weighted by atomic mass is 16.2. The molecule has 2 aromatic carbocycles. The van der Waals surface area contributed by atoms with Crippen molar-refractivity contribution in [3.05, 3.63) is 71.4 Å². The minimum Gasteiger partial charge on any atom is -0.361 e. The molecule has 0 radical (unpaired) electrons. The minimum atomic E-state index is -0.0394. The van der Waals surface area contributed by atoms with Crippen LogP contribution in [-0.2, 0) is 0 Å². The average Bonchev–Trinajstić information content (AvgIpc) is 3.09. The van der Waals surface area contributed by atoms with Crippen molar-refractivity contribution in [1.82, 2.24) is 9.88 Å². The fourth-order valence-corrected chi connectivity index (χ4v) is 3.46. The van der Waals surface area contributed by atoms with E-state index in [-0.39, 0.29) is 6.03 Å². The smallest absolute Gasteiger partial charge is 0.322 e. The molecule has 4 rings (SSSR count). The van der Waals surface area contributed by atoms with Gasteiger partial charge in [-0.25, -0.2) is 4.79 Å². The Morgan fingerprint density at radius 1 is 1.12 bits per heavy atom. The number of nitrogens with one attached hydrogen (secondary N) is 2. The van der Waals surface area contributed by atoms with Gasteiger partial charge in [0.1, 0.15) is 0 Å². The topological polar surface area (TPSA) is 48.1 Å². The van der Waals surface area contributed by atoms with E-state index in [1.807, 2.05) is 29.2 Å². The summed E-state index contributed by atoms with van der Waals surface area (Å²) >= 11 is 0. The van der Waals surface area contributed by atoms with Gasteiger partial charge in [-0.05, 0) is 55.2 Å². The van der Waals surface area contributed by atoms with Gasteiger partial charge in [0.05, 0.1) is 0 Å². The van der Waals surface area contributed by atoms with Gasteiger partial charge in [-0.3, -0.25) is 0 Å². The number of aromatic amines is 1. The van der Waals surface area contributed by atoms with Crippen molar-refractivity contribution in [2.75, 3.05) is 18.4 Å². The maximum atomic E-state index is 12.5. The van der Waals surface area contributed by atoms with Crippen LogP contribution < -0.4 is 5.32 Å². The third-order valence-electron chi connectivity index (χ3n) is 5.19. The molecule has 2 N–H and O–H groups in total. The number of urea groups is 1. The number of rotatable bonds is 2. The predicted octanol–water partition coefficient (Wildman–Crippen LogP) is 5.11. The van der Waals surface area contributed by atoms with E-state index in [9.17, 15) is 4.79 Å². The number of aromatic nitrogens is 1. The van der Waals surface area contributed by atoms with Crippen LogP contribution in [0.1, 0.15) is 23.1 Å². The number of amides is 2. The molecule has 3 aromatic rings. The van der Waals surface area contributed by atoms with Crippen molar-refractivity contribution in [3.63, 3.8) is 0 Å². The maximum Gasteiger partial charge on any atom is 0.322 e. The second-order valence-electron chi connectivity index (χ2n) is 6.90. The fraction of sp³-hybridized carbons (Fsp3) is 0.227. The summed E-state index contributed by atoms with van der Waals surface area (Å²) in [7, 11) is 0. The Morgan fingerprint density at radius 2 is 1.96 bits per heavy atom. The normalized spacial score (nSPS) is 14.4. The Balaban J connectivity index is 1.46. The molecule has 2 amide bonds. The number of para-hydroxylation sites is 1. The maximum absolute atomic E-state index is 12.5. The number of carbonyl (C=O) groups is 1. The number of aryl methyl sites for hydroxylation is 2. The lowest BCUT2D eigenvalue weighted by atomic mass is 9.99. The molecule has 4 heteroatoms. The van der Waals surface area contributed by atoms with Gasteiger partial charge in [0.25, 0.3) is 0 Å². The summed E-state index contributed by atoms with van der Waals surface area (Å²) in [6.07, 6.45) is 5.10. The van der Waals surface area contributed by atoms with Gasteiger partial charge in [0.15, 0.2) is 0 Å². The monoisotopic (exact) mass is 345 g/mol. The molecule has 0 saturated carbocycles. The first kappa shape index (κ1) is 16.5. The molecule has 4 nitrogen and oxygen atoms in total. The third kappa shape index (κ3) is 3.10. The van der Waals surface area contributed by atoms with E-state index in [1.54, 1.807) is 0 Å². The summed E-state index contributed by atoms with van der Waals surface area (Å²) in [6.45, 7) is 5.48. The molecular weight excluding hydrogens is 322 g/mol. The molecule has 0 unspecified atom stereocenters. The van der Waals surface area contributed by atoms with Gasteiger partial charge < -0.3 is 15.2 Å². The van der Waals surface area contributed by atoms with Crippen LogP contribution in [0.25, 0.3) is 16.5 Å². The van der Waals surface area contributed by atoms with E-state index in [4.69, 9.17) is 0 Å². The quantitative estimate of drug-likeness (QED) is 0.666. The first-order chi connectivity index (χ1) is 12.6. The Hall–Kier alpha value is -3.01. The average molecular weight is 345 g/mol. The van der Waals surface area contributed by atoms with Crippen LogP contribution >= 0.6 is 0 Å². The molecule has 0 fully saturated rings. The number of benzene rings is 2. The van der Waals surface area contributed by atoms with E-state index >= 15 is 0 Å². The summed E-state index contributed by atoms with van der Waals surface area (Å²) in [5.74, 6) is 0. The summed E-state index contributed by atoms with van der Waals surface area (Å²) in [5, 5.41) is 4.25. The molecule has 1 aliphatic heterocycles. The summed E-state index contributed by atoms with van der Waals surface area (Å²) in [6, 6.07) is 14.3. The molecule has 2 heterocycles. The zero-order valence-corrected chi connectivity index (χ0v) is 15.2. The van der Waals surface area contributed by atoms with Crippen molar-refractivity contribution in [2.45, 2.75) is 20.3 Å². The van der Waals surface area contributed by atoms with Gasteiger partial charge >= 0.3 is 6.03 Å². The number of fused-ring (bicyclic) bond motifs is 1. The van der Waals surface area contributed by atoms with E-state index in [1.165, 1.54) is 27.6 Å². The molecule has 0 aliphatic carbocycles. The molecular formula is C22H23N3O. The number of H-pyrrole nitrogens is 1. The van der Waals surface area contributed by atoms with Crippen molar-refractivity contribution in [3.8, 4) is 0 Å². The largest absolute Gasteiger partial charge is 0.361 e. The molecule has 132 valence electrons. The highest BCUT2D eigenvalue weighted by Gasteiger charge is 2.19. The molecule has 1 aromatic heterocycles. The predicted molar refractivity (Wildman–Crippen MR) is 107 cm³/mol. The van der Waals surface area contributed by atoms with E-state index < -0.39 is 0 Å². The summed E-state index contributed by atoms with van der Waals surface area (Å²) in [5.41, 5.74) is 6.96. The molecule has 26 heavy (non-hydrogen) atoms. The summed E-state index contributed by atoms with van der Waals surface area (Å²) in [4.78, 5) is 17.7. The van der Waals surface area contributed by atoms with Crippen LogP contribution in [0, 0.1) is 13.8 Å². The van der Waals surface area contributed by atoms with Crippen molar-refractivity contribution >= 4 is 28.2 Å². The Bertz CT molecular complexity index is 1000. The van der Waals surface area contributed by atoms with Gasteiger partial charge in [0, 0.05) is 41.4 Å². The molecule has 1 aliphatic rings. The standard InChI is InChI=1S/C22H23N3O/c1-15-7-8-18(13-16(15)2)24-22(26)25-11-9-17(10-12-25)20-14-23-21-6-4-3-5-19(20)21/h3-9,13-14,23H,10-12H2,1-2H3,(H,24,26). The number of hydrogen-bond acceptors (Lipinski definition) is 1. The highest BCUT2D eigenvalue weighted by Crippen LogP contribution is 2.29. The fourth-order valence-electron chi connectivity index (χ4n) is 3.46. The minimum absolute atomic E-state index is 0.0394. The first-order valence-corrected chi connectivity index (χ1v) is 9.00. The second-order valence-corrected chi connectivity index (χ2v) is 6.90. The second kappa shape index (κ2) is 6.71. The lowest BCUT2D eigenvalue weighted by Crippen LogP contribution is -2.37. The SMILES string of the molecule is Cc1ccc(NC(=O)N2CC=C(c3c[nH]c4ccccc34)CC2)cc1C. The van der Waals surface area contributed by atoms with Crippen LogP contribution in [0.5, 0.6) is 0 Å². The zero-order chi connectivity index (χ0) is 18.1. The summed E-state index contributed by atoms with van der Waals surface area (Å²) < 4.78 is 0. The van der Waals surface area contributed by atoms with Crippen LogP contribution in [0.4, 0.5) is 10.5 Å². The number of anilines is 1. The Morgan fingerprint density at radius 3 is 2.73 bits per heavy atom. The van der Waals surface area contributed by atoms with Crippen molar-refractivity contribution < 1.29 is 4.79 Å². The van der Waals surface area contributed by atoms with Crippen LogP contribution in [0.15, 0.2) is 54.7 Å². The van der Waals surface area contributed by atoms with Crippen LogP contribution in [0.3, 0.4) is 0 Å². The van der Waals surface area contributed by atoms with Crippen molar-refractivity contribution in [2.24, 2.45) is 0 Å². The Kier molecular flexibility index (Phi) is 4.25. The zero-order valence-electron chi connectivity index (χ0n) is 15.2. The van der Waals surface area contributed by atoms with Crippen LogP contribution in [-0.4, -0.2) is 29.0 Å². The van der Waals surface area contributed by atoms with Gasteiger partial charge in [-0.2, -0.15) is 0 Å². The Labute approximate surface area is 153 Å². The van der Waals surface area contributed by atoms with E-state index in [0.717, 1.165) is 24.2 Å². The number of carbonyl (C=O) groups excluding carboxylic acids is 1. The third-order valence-corrected chi connectivity index (χ3v) is 5.19. The van der Waals surface area contributed by atoms with Gasteiger partial charge in [-0.1, -0.05) is 30.3 Å². The van der Waals surface area contributed by atoms with Crippen molar-refractivity contribution in [1.29, 1.82) is 0 Å². The van der Waals surface area contributed by atoms with Crippen LogP contribution in [0.2, 0.25) is 0 Å². The molecule has 0 spiro atoms. The lowest BCUT2D eigenvalue weighted by Gasteiger charge is -2.26.